The Kier molecular flexibility index (Phi) is 5.16. The van der Waals surface area contributed by atoms with Crippen molar-refractivity contribution in [3.05, 3.63) is 77.4 Å². The van der Waals surface area contributed by atoms with Crippen LogP contribution in [-0.4, -0.2) is 11.6 Å². The van der Waals surface area contributed by atoms with Crippen LogP contribution in [0.2, 0.25) is 0 Å². The first kappa shape index (κ1) is 16.0. The first-order chi connectivity index (χ1) is 10.4. The molecule has 0 aliphatic rings. The fraction of sp³-hybridized carbons (Fsp3) is 0.250. The number of benzene rings is 2. The minimum Gasteiger partial charge on any atom is -0.457 e. The third-order valence-corrected chi connectivity index (χ3v) is 3.04. The van der Waals surface area contributed by atoms with E-state index in [1.54, 1.807) is 0 Å². The van der Waals surface area contributed by atoms with E-state index in [4.69, 9.17) is 4.74 Å². The Morgan fingerprint density at radius 3 is 2.05 bits per heavy atom. The second-order valence-electron chi connectivity index (χ2n) is 6.24. The second-order valence-corrected chi connectivity index (χ2v) is 6.24. The van der Waals surface area contributed by atoms with Gasteiger partial charge in [-0.05, 0) is 38.0 Å². The molecular formula is C20H22O2. The van der Waals surface area contributed by atoms with Crippen LogP contribution in [-0.2, 0) is 16.0 Å². The van der Waals surface area contributed by atoms with Crippen molar-refractivity contribution in [3.8, 4) is 0 Å². The largest absolute Gasteiger partial charge is 0.457 e. The van der Waals surface area contributed by atoms with Crippen molar-refractivity contribution in [3.63, 3.8) is 0 Å². The van der Waals surface area contributed by atoms with Crippen LogP contribution in [0.15, 0.2) is 66.2 Å². The molecule has 0 aromatic heterocycles. The summed E-state index contributed by atoms with van der Waals surface area (Å²) in [5, 5.41) is 0. The van der Waals surface area contributed by atoms with E-state index in [0.717, 1.165) is 11.1 Å². The number of rotatable bonds is 4. The predicted molar refractivity (Wildman–Crippen MR) is 90.4 cm³/mol. The van der Waals surface area contributed by atoms with Gasteiger partial charge in [0.2, 0.25) is 0 Å². The maximum absolute atomic E-state index is 12.5. The van der Waals surface area contributed by atoms with E-state index in [0.29, 0.717) is 12.0 Å². The maximum Gasteiger partial charge on any atom is 0.334 e. The first-order valence-electron chi connectivity index (χ1n) is 7.47. The van der Waals surface area contributed by atoms with Gasteiger partial charge in [0.05, 0.1) is 0 Å². The van der Waals surface area contributed by atoms with Crippen LogP contribution in [0.4, 0.5) is 0 Å². The van der Waals surface area contributed by atoms with Gasteiger partial charge >= 0.3 is 5.97 Å². The topological polar surface area (TPSA) is 26.3 Å². The van der Waals surface area contributed by atoms with Crippen molar-refractivity contribution in [1.82, 2.24) is 0 Å². The van der Waals surface area contributed by atoms with E-state index in [1.165, 1.54) is 0 Å². The molecule has 0 unspecified atom stereocenters. The van der Waals surface area contributed by atoms with Crippen LogP contribution in [0.5, 0.6) is 0 Å². The lowest BCUT2D eigenvalue weighted by Gasteiger charge is -2.20. The summed E-state index contributed by atoms with van der Waals surface area (Å²) in [4.78, 5) is 12.5. The number of carbonyl (C=O) groups excluding carboxylic acids is 1. The molecule has 22 heavy (non-hydrogen) atoms. The highest BCUT2D eigenvalue weighted by Gasteiger charge is 2.20. The van der Waals surface area contributed by atoms with E-state index >= 15 is 0 Å². The van der Waals surface area contributed by atoms with E-state index < -0.39 is 5.60 Å². The SMILES string of the molecule is CC(C)(C)OC(=O)C(=Cc1ccccc1)Cc1ccccc1. The molecule has 0 amide bonds. The van der Waals surface area contributed by atoms with Crippen LogP contribution in [0.1, 0.15) is 31.9 Å². The van der Waals surface area contributed by atoms with Crippen molar-refractivity contribution in [2.24, 2.45) is 0 Å². The summed E-state index contributed by atoms with van der Waals surface area (Å²) in [5.74, 6) is -0.264. The Labute approximate surface area is 132 Å². The minimum absolute atomic E-state index is 0.264. The van der Waals surface area contributed by atoms with Gasteiger partial charge in [-0.3, -0.25) is 0 Å². The molecule has 2 nitrogen and oxygen atoms in total. The zero-order valence-electron chi connectivity index (χ0n) is 13.4. The zero-order valence-corrected chi connectivity index (χ0v) is 13.4. The molecule has 0 atom stereocenters. The number of esters is 1. The molecule has 0 heterocycles. The molecule has 2 aromatic carbocycles. The van der Waals surface area contributed by atoms with Crippen molar-refractivity contribution in [2.75, 3.05) is 0 Å². The molecule has 0 bridgehead atoms. The Bertz CT molecular complexity index is 634. The number of ether oxygens (including phenoxy) is 1. The van der Waals surface area contributed by atoms with Gasteiger partial charge in [-0.2, -0.15) is 0 Å². The van der Waals surface area contributed by atoms with Crippen LogP contribution in [0.3, 0.4) is 0 Å². The lowest BCUT2D eigenvalue weighted by molar-refractivity contribution is -0.149. The van der Waals surface area contributed by atoms with E-state index in [1.807, 2.05) is 87.5 Å². The summed E-state index contributed by atoms with van der Waals surface area (Å²) in [5.41, 5.74) is 2.26. The van der Waals surface area contributed by atoms with Crippen molar-refractivity contribution in [2.45, 2.75) is 32.8 Å². The number of hydrogen-bond acceptors (Lipinski definition) is 2. The molecule has 0 saturated heterocycles. The lowest BCUT2D eigenvalue weighted by Crippen LogP contribution is -2.25. The van der Waals surface area contributed by atoms with E-state index in [2.05, 4.69) is 0 Å². The molecule has 2 heteroatoms. The summed E-state index contributed by atoms with van der Waals surface area (Å²) < 4.78 is 5.54. The Balaban J connectivity index is 2.28. The molecule has 0 aliphatic carbocycles. The third kappa shape index (κ3) is 5.21. The van der Waals surface area contributed by atoms with Crippen LogP contribution in [0.25, 0.3) is 6.08 Å². The normalized spacial score (nSPS) is 12.0. The summed E-state index contributed by atoms with van der Waals surface area (Å²) in [6, 6.07) is 19.8. The molecule has 2 aromatic rings. The Morgan fingerprint density at radius 1 is 0.955 bits per heavy atom. The van der Waals surface area contributed by atoms with Crippen molar-refractivity contribution >= 4 is 12.0 Å². The molecule has 0 saturated carbocycles. The lowest BCUT2D eigenvalue weighted by atomic mass is 10.0. The summed E-state index contributed by atoms with van der Waals surface area (Å²) in [6.45, 7) is 5.65. The van der Waals surface area contributed by atoms with E-state index in [9.17, 15) is 4.79 Å². The van der Waals surface area contributed by atoms with Gasteiger partial charge in [0.1, 0.15) is 5.60 Å². The smallest absolute Gasteiger partial charge is 0.334 e. The van der Waals surface area contributed by atoms with Gasteiger partial charge in [0.15, 0.2) is 0 Å². The highest BCUT2D eigenvalue weighted by molar-refractivity contribution is 5.94. The zero-order chi connectivity index (χ0) is 16.0. The van der Waals surface area contributed by atoms with Gasteiger partial charge in [0, 0.05) is 12.0 Å². The van der Waals surface area contributed by atoms with Crippen LogP contribution >= 0.6 is 0 Å². The molecular weight excluding hydrogens is 272 g/mol. The molecule has 0 aliphatic heterocycles. The monoisotopic (exact) mass is 294 g/mol. The fourth-order valence-corrected chi connectivity index (χ4v) is 2.09. The molecule has 114 valence electrons. The third-order valence-electron chi connectivity index (χ3n) is 3.04. The molecule has 0 N–H and O–H groups in total. The maximum atomic E-state index is 12.5. The van der Waals surface area contributed by atoms with Gasteiger partial charge < -0.3 is 4.74 Å². The minimum atomic E-state index is -0.496. The Morgan fingerprint density at radius 2 is 1.50 bits per heavy atom. The predicted octanol–water partition coefficient (Wildman–Crippen LogP) is 4.65. The van der Waals surface area contributed by atoms with Crippen molar-refractivity contribution in [1.29, 1.82) is 0 Å². The quantitative estimate of drug-likeness (QED) is 0.606. The van der Waals surface area contributed by atoms with Gasteiger partial charge in [0.25, 0.3) is 0 Å². The highest BCUT2D eigenvalue weighted by atomic mass is 16.6. The molecule has 0 radical (unpaired) electrons. The number of hydrogen-bond donors (Lipinski definition) is 0. The second kappa shape index (κ2) is 7.08. The summed E-state index contributed by atoms with van der Waals surface area (Å²) in [7, 11) is 0. The Hall–Kier alpha value is -2.35. The number of carbonyl (C=O) groups is 1. The van der Waals surface area contributed by atoms with Crippen LogP contribution in [0, 0.1) is 0 Å². The molecule has 2 rings (SSSR count). The average Bonchev–Trinajstić information content (AvgIpc) is 2.47. The van der Waals surface area contributed by atoms with Crippen LogP contribution < -0.4 is 0 Å². The highest BCUT2D eigenvalue weighted by Crippen LogP contribution is 2.17. The summed E-state index contributed by atoms with van der Waals surface area (Å²) >= 11 is 0. The standard InChI is InChI=1S/C20H22O2/c1-20(2,3)22-19(21)18(14-16-10-6-4-7-11-16)15-17-12-8-5-9-13-17/h4-14H,15H2,1-3H3. The molecule has 0 fully saturated rings. The van der Waals surface area contributed by atoms with E-state index in [-0.39, 0.29) is 5.97 Å². The van der Waals surface area contributed by atoms with Gasteiger partial charge in [-0.25, -0.2) is 4.79 Å². The van der Waals surface area contributed by atoms with Gasteiger partial charge in [-0.1, -0.05) is 60.7 Å². The summed E-state index contributed by atoms with van der Waals surface area (Å²) in [6.07, 6.45) is 2.46. The molecule has 0 spiro atoms. The van der Waals surface area contributed by atoms with Crippen molar-refractivity contribution < 1.29 is 9.53 Å². The van der Waals surface area contributed by atoms with Gasteiger partial charge in [-0.15, -0.1) is 0 Å². The first-order valence-corrected chi connectivity index (χ1v) is 7.47. The fourth-order valence-electron chi connectivity index (χ4n) is 2.09. The average molecular weight is 294 g/mol.